The van der Waals surface area contributed by atoms with Crippen molar-refractivity contribution in [1.82, 2.24) is 10.6 Å². The number of hydrogen-bond donors (Lipinski definition) is 2. The number of rotatable bonds is 7. The van der Waals surface area contributed by atoms with E-state index in [9.17, 15) is 4.79 Å². The van der Waals surface area contributed by atoms with E-state index in [1.165, 1.54) is 0 Å². The molecule has 20 heavy (non-hydrogen) atoms. The van der Waals surface area contributed by atoms with Crippen molar-refractivity contribution in [3.05, 3.63) is 35.9 Å². The number of amides is 1. The van der Waals surface area contributed by atoms with Crippen LogP contribution in [0.25, 0.3) is 0 Å². The van der Waals surface area contributed by atoms with E-state index < -0.39 is 0 Å². The fourth-order valence-corrected chi connectivity index (χ4v) is 3.68. The summed E-state index contributed by atoms with van der Waals surface area (Å²) in [5.74, 6) is 1.39. The fraction of sp³-hybridized carbons (Fsp3) is 0.562. The van der Waals surface area contributed by atoms with Crippen molar-refractivity contribution in [2.75, 3.05) is 12.3 Å². The van der Waals surface area contributed by atoms with Crippen molar-refractivity contribution in [3.63, 3.8) is 0 Å². The van der Waals surface area contributed by atoms with Crippen LogP contribution >= 0.6 is 11.8 Å². The Morgan fingerprint density at radius 2 is 2.25 bits per heavy atom. The lowest BCUT2D eigenvalue weighted by atomic mass is 10.0. The Hall–Kier alpha value is -1.00. The standard InChI is InChI=1S/C16H24N2OS/c1-2-3-9-14(16-17-10-11-20-16)15(19)18-12-13-7-5-4-6-8-13/h4-8,14,16-17H,2-3,9-12H2,1H3,(H,18,19). The maximum atomic E-state index is 12.4. The van der Waals surface area contributed by atoms with Crippen LogP contribution in [-0.4, -0.2) is 23.6 Å². The number of unbranched alkanes of at least 4 members (excludes halogenated alkanes) is 1. The van der Waals surface area contributed by atoms with Gasteiger partial charge in [0.05, 0.1) is 11.3 Å². The quantitative estimate of drug-likeness (QED) is 0.812. The van der Waals surface area contributed by atoms with Crippen LogP contribution in [0.5, 0.6) is 0 Å². The van der Waals surface area contributed by atoms with Gasteiger partial charge in [0.25, 0.3) is 0 Å². The summed E-state index contributed by atoms with van der Waals surface area (Å²) >= 11 is 1.88. The van der Waals surface area contributed by atoms with Crippen LogP contribution in [0.2, 0.25) is 0 Å². The van der Waals surface area contributed by atoms with Crippen molar-refractivity contribution < 1.29 is 4.79 Å². The zero-order valence-electron chi connectivity index (χ0n) is 12.1. The largest absolute Gasteiger partial charge is 0.352 e. The maximum Gasteiger partial charge on any atom is 0.225 e. The third kappa shape index (κ3) is 4.53. The molecule has 2 unspecified atom stereocenters. The molecule has 1 aromatic rings. The van der Waals surface area contributed by atoms with Gasteiger partial charge in [-0.2, -0.15) is 0 Å². The van der Waals surface area contributed by atoms with Crippen molar-refractivity contribution in [2.45, 2.75) is 38.1 Å². The Labute approximate surface area is 125 Å². The lowest BCUT2D eigenvalue weighted by Crippen LogP contribution is -2.40. The Bertz CT molecular complexity index is 404. The Kier molecular flexibility index (Phi) is 6.40. The van der Waals surface area contributed by atoms with Crippen molar-refractivity contribution in [3.8, 4) is 0 Å². The predicted octanol–water partition coefficient (Wildman–Crippen LogP) is 2.77. The van der Waals surface area contributed by atoms with Crippen LogP contribution in [0, 0.1) is 5.92 Å². The highest BCUT2D eigenvalue weighted by atomic mass is 32.2. The van der Waals surface area contributed by atoms with E-state index in [0.29, 0.717) is 6.54 Å². The molecule has 1 aromatic carbocycles. The highest BCUT2D eigenvalue weighted by Crippen LogP contribution is 2.26. The first kappa shape index (κ1) is 15.4. The van der Waals surface area contributed by atoms with Gasteiger partial charge >= 0.3 is 0 Å². The molecule has 4 heteroatoms. The zero-order chi connectivity index (χ0) is 14.2. The fourth-order valence-electron chi connectivity index (χ4n) is 2.46. The average molecular weight is 292 g/mol. The summed E-state index contributed by atoms with van der Waals surface area (Å²) in [6.45, 7) is 3.82. The molecule has 1 amide bonds. The molecule has 2 rings (SSSR count). The minimum Gasteiger partial charge on any atom is -0.352 e. The monoisotopic (exact) mass is 292 g/mol. The Morgan fingerprint density at radius 1 is 1.45 bits per heavy atom. The second kappa shape index (κ2) is 8.32. The normalized spacial score (nSPS) is 19.8. The zero-order valence-corrected chi connectivity index (χ0v) is 12.9. The summed E-state index contributed by atoms with van der Waals surface area (Å²) in [5.41, 5.74) is 1.15. The van der Waals surface area contributed by atoms with Gasteiger partial charge in [-0.1, -0.05) is 50.1 Å². The Morgan fingerprint density at radius 3 is 2.90 bits per heavy atom. The van der Waals surface area contributed by atoms with E-state index in [1.54, 1.807) is 0 Å². The van der Waals surface area contributed by atoms with Crippen molar-refractivity contribution in [2.24, 2.45) is 5.92 Å². The number of nitrogens with one attached hydrogen (secondary N) is 2. The molecular weight excluding hydrogens is 268 g/mol. The van der Waals surface area contributed by atoms with Crippen LogP contribution in [0.15, 0.2) is 30.3 Å². The molecule has 0 bridgehead atoms. The molecule has 1 fully saturated rings. The topological polar surface area (TPSA) is 41.1 Å². The molecule has 0 saturated carbocycles. The molecule has 0 spiro atoms. The van der Waals surface area contributed by atoms with Crippen LogP contribution in [0.1, 0.15) is 31.7 Å². The van der Waals surface area contributed by atoms with E-state index >= 15 is 0 Å². The highest BCUT2D eigenvalue weighted by Gasteiger charge is 2.30. The summed E-state index contributed by atoms with van der Waals surface area (Å²) in [4.78, 5) is 12.4. The summed E-state index contributed by atoms with van der Waals surface area (Å²) in [5, 5.41) is 6.83. The van der Waals surface area contributed by atoms with Gasteiger partial charge in [-0.15, -0.1) is 11.8 Å². The van der Waals surface area contributed by atoms with Crippen LogP contribution < -0.4 is 10.6 Å². The lowest BCUT2D eigenvalue weighted by Gasteiger charge is -2.22. The minimum absolute atomic E-state index is 0.0890. The molecular formula is C16H24N2OS. The van der Waals surface area contributed by atoms with Gasteiger partial charge < -0.3 is 10.6 Å². The van der Waals surface area contributed by atoms with E-state index in [4.69, 9.17) is 0 Å². The predicted molar refractivity (Wildman–Crippen MR) is 85.6 cm³/mol. The van der Waals surface area contributed by atoms with Gasteiger partial charge in [0.2, 0.25) is 5.91 Å². The van der Waals surface area contributed by atoms with Gasteiger partial charge in [0, 0.05) is 18.8 Å². The second-order valence-corrected chi connectivity index (χ2v) is 6.45. The minimum atomic E-state index is 0.0890. The molecule has 0 radical (unpaired) electrons. The third-order valence-corrected chi connectivity index (χ3v) is 4.92. The molecule has 1 saturated heterocycles. The summed E-state index contributed by atoms with van der Waals surface area (Å²) in [6, 6.07) is 10.1. The number of carbonyl (C=O) groups excluding carboxylic acids is 1. The SMILES string of the molecule is CCCCC(C(=O)NCc1ccccc1)C1NCCS1. The number of thioether (sulfide) groups is 1. The van der Waals surface area contributed by atoms with E-state index in [2.05, 4.69) is 17.6 Å². The lowest BCUT2D eigenvalue weighted by molar-refractivity contribution is -0.125. The molecule has 0 aliphatic carbocycles. The van der Waals surface area contributed by atoms with Crippen molar-refractivity contribution in [1.29, 1.82) is 0 Å². The van der Waals surface area contributed by atoms with Crippen LogP contribution in [0.4, 0.5) is 0 Å². The molecule has 1 aliphatic heterocycles. The van der Waals surface area contributed by atoms with Gasteiger partial charge in [-0.05, 0) is 12.0 Å². The molecule has 2 atom stereocenters. The molecule has 1 aliphatic rings. The van der Waals surface area contributed by atoms with Crippen molar-refractivity contribution >= 4 is 17.7 Å². The molecule has 3 nitrogen and oxygen atoms in total. The molecule has 1 heterocycles. The van der Waals surface area contributed by atoms with Gasteiger partial charge in [-0.25, -0.2) is 0 Å². The molecule has 0 aromatic heterocycles. The molecule has 2 N–H and O–H groups in total. The summed E-state index contributed by atoms with van der Waals surface area (Å²) < 4.78 is 0. The second-order valence-electron chi connectivity index (χ2n) is 5.20. The van der Waals surface area contributed by atoms with E-state index in [-0.39, 0.29) is 17.2 Å². The van der Waals surface area contributed by atoms with E-state index in [0.717, 1.165) is 37.1 Å². The van der Waals surface area contributed by atoms with Gasteiger partial charge in [-0.3, -0.25) is 4.79 Å². The summed E-state index contributed by atoms with van der Waals surface area (Å²) in [6.07, 6.45) is 3.23. The molecule has 110 valence electrons. The maximum absolute atomic E-state index is 12.4. The van der Waals surface area contributed by atoms with Gasteiger partial charge in [0.1, 0.15) is 0 Å². The average Bonchev–Trinajstić information content (AvgIpc) is 3.01. The smallest absolute Gasteiger partial charge is 0.225 e. The number of benzene rings is 1. The number of carbonyl (C=O) groups is 1. The summed E-state index contributed by atoms with van der Waals surface area (Å²) in [7, 11) is 0. The third-order valence-electron chi connectivity index (χ3n) is 3.63. The first-order chi connectivity index (χ1) is 9.81. The van der Waals surface area contributed by atoms with E-state index in [1.807, 2.05) is 42.1 Å². The first-order valence-electron chi connectivity index (χ1n) is 7.48. The van der Waals surface area contributed by atoms with Crippen LogP contribution in [-0.2, 0) is 11.3 Å². The first-order valence-corrected chi connectivity index (χ1v) is 8.52. The Balaban J connectivity index is 1.88. The highest BCUT2D eigenvalue weighted by molar-refractivity contribution is 8.00. The van der Waals surface area contributed by atoms with Crippen LogP contribution in [0.3, 0.4) is 0 Å². The number of hydrogen-bond acceptors (Lipinski definition) is 3. The van der Waals surface area contributed by atoms with Gasteiger partial charge in [0.15, 0.2) is 0 Å².